The molecule has 47 heavy (non-hydrogen) atoms. The van der Waals surface area contributed by atoms with Crippen LogP contribution in [0.25, 0.3) is 0 Å². The summed E-state index contributed by atoms with van der Waals surface area (Å²) in [6.45, 7) is 6.08. The van der Waals surface area contributed by atoms with Crippen LogP contribution in [0, 0.1) is 13.8 Å². The van der Waals surface area contributed by atoms with Gasteiger partial charge < -0.3 is 20.9 Å². The molecule has 2 aliphatic heterocycles. The number of hydrogen-bond donors (Lipinski definition) is 4. The van der Waals surface area contributed by atoms with Crippen LogP contribution in [0.3, 0.4) is 0 Å². The van der Waals surface area contributed by atoms with Crippen LogP contribution in [-0.2, 0) is 24.6 Å². The van der Waals surface area contributed by atoms with Gasteiger partial charge in [0.2, 0.25) is 0 Å². The van der Waals surface area contributed by atoms with E-state index in [1.54, 1.807) is 0 Å². The Morgan fingerprint density at radius 3 is 1.17 bits per heavy atom. The predicted molar refractivity (Wildman–Crippen MR) is 180 cm³/mol. The second kappa shape index (κ2) is 15.2. The molecular weight excluding hydrogens is 596 g/mol. The van der Waals surface area contributed by atoms with Crippen molar-refractivity contribution >= 4 is 35.0 Å². The van der Waals surface area contributed by atoms with Gasteiger partial charge in [-0.3, -0.25) is 29.8 Å². The maximum atomic E-state index is 10.0. The smallest absolute Gasteiger partial charge is 0.254 e. The van der Waals surface area contributed by atoms with Crippen LogP contribution < -0.4 is 31.6 Å². The maximum Gasteiger partial charge on any atom is 0.254 e. The highest BCUT2D eigenvalue weighted by atomic mass is 16.7. The molecule has 4 aromatic rings. The van der Waals surface area contributed by atoms with Gasteiger partial charge >= 0.3 is 0 Å². The molecule has 2 heterocycles. The Balaban J connectivity index is 0.000000292. The zero-order chi connectivity index (χ0) is 34.0. The third kappa shape index (κ3) is 8.95. The Morgan fingerprint density at radius 1 is 0.553 bits per heavy atom. The molecule has 10 heteroatoms. The number of carbonyl (C=O) groups excluding carboxylic acids is 4. The number of imide groups is 2. The Hall–Kier alpha value is -6.16. The van der Waals surface area contributed by atoms with E-state index in [0.717, 1.165) is 33.6 Å². The molecule has 6 N–H and O–H groups in total. The van der Waals surface area contributed by atoms with Crippen molar-refractivity contribution in [3.05, 3.63) is 144 Å². The standard InChI is InChI=1S/C29H30N2O2.2C4H3NO2/c1-20-18-24(14-16-26(20)30)32-28(33-25-15-17-27(31)21(2)19-25)29(3,22-10-6-4-7-11-22)23-12-8-5-9-13-23;2*6-3-1-2-4(7)5-3/h4-19,28H,30-31H2,1-3H3;2*1-2H,(H,5,6,7). The van der Waals surface area contributed by atoms with Gasteiger partial charge in [-0.25, -0.2) is 0 Å². The molecule has 10 nitrogen and oxygen atoms in total. The van der Waals surface area contributed by atoms with Crippen molar-refractivity contribution in [1.29, 1.82) is 0 Å². The van der Waals surface area contributed by atoms with Crippen molar-refractivity contribution < 1.29 is 28.7 Å². The monoisotopic (exact) mass is 632 g/mol. The topological polar surface area (TPSA) is 163 Å². The number of anilines is 2. The van der Waals surface area contributed by atoms with E-state index in [1.165, 1.54) is 24.3 Å². The molecule has 0 spiro atoms. The average Bonchev–Trinajstić information content (AvgIpc) is 3.65. The fraction of sp³-hybridized carbons (Fsp3) is 0.135. The van der Waals surface area contributed by atoms with Crippen LogP contribution in [0.4, 0.5) is 11.4 Å². The molecule has 0 atom stereocenters. The van der Waals surface area contributed by atoms with Crippen molar-refractivity contribution in [3.63, 3.8) is 0 Å². The first-order valence-corrected chi connectivity index (χ1v) is 14.7. The molecule has 0 aromatic heterocycles. The lowest BCUT2D eigenvalue weighted by Gasteiger charge is -2.38. The first kappa shape index (κ1) is 33.7. The number of ether oxygens (including phenoxy) is 2. The molecule has 6 rings (SSSR count). The molecular formula is C37H36N4O6. The van der Waals surface area contributed by atoms with Crippen LogP contribution in [-0.4, -0.2) is 29.9 Å². The second-order valence-corrected chi connectivity index (χ2v) is 10.9. The van der Waals surface area contributed by atoms with Crippen molar-refractivity contribution in [2.24, 2.45) is 0 Å². The van der Waals surface area contributed by atoms with Crippen molar-refractivity contribution in [2.75, 3.05) is 11.5 Å². The minimum atomic E-state index is -0.673. The normalized spacial score (nSPS) is 13.3. The Bertz CT molecular complexity index is 1660. The Labute approximate surface area is 273 Å². The lowest BCUT2D eigenvalue weighted by Crippen LogP contribution is -2.46. The largest absolute Gasteiger partial charge is 0.454 e. The van der Waals surface area contributed by atoms with Gasteiger partial charge in [-0.2, -0.15) is 0 Å². The van der Waals surface area contributed by atoms with Gasteiger partial charge in [-0.05, 0) is 79.4 Å². The first-order valence-electron chi connectivity index (χ1n) is 14.7. The third-order valence-electron chi connectivity index (χ3n) is 7.45. The van der Waals surface area contributed by atoms with E-state index in [2.05, 4.69) is 31.2 Å². The Morgan fingerprint density at radius 2 is 0.894 bits per heavy atom. The number of amides is 4. The number of hydrogen-bond acceptors (Lipinski definition) is 8. The second-order valence-electron chi connectivity index (χ2n) is 10.9. The minimum absolute atomic E-state index is 0.329. The van der Waals surface area contributed by atoms with E-state index in [9.17, 15) is 19.2 Å². The van der Waals surface area contributed by atoms with E-state index in [0.29, 0.717) is 11.5 Å². The lowest BCUT2D eigenvalue weighted by molar-refractivity contribution is -0.125. The van der Waals surface area contributed by atoms with E-state index in [4.69, 9.17) is 20.9 Å². The minimum Gasteiger partial charge on any atom is -0.454 e. The SMILES string of the molecule is Cc1cc(OC(Oc2ccc(N)c(C)c2)C(C)(c2ccccc2)c2ccccc2)ccc1N.O=C1C=CC(=O)N1.O=C1C=CC(=O)N1. The summed E-state index contributed by atoms with van der Waals surface area (Å²) < 4.78 is 13.2. The molecule has 0 unspecified atom stereocenters. The first-order chi connectivity index (χ1) is 22.4. The highest BCUT2D eigenvalue weighted by molar-refractivity contribution is 6.13. The lowest BCUT2D eigenvalue weighted by atomic mass is 9.75. The fourth-order valence-electron chi connectivity index (χ4n) is 4.67. The third-order valence-corrected chi connectivity index (χ3v) is 7.45. The summed E-state index contributed by atoms with van der Waals surface area (Å²) in [5, 5.41) is 4.06. The van der Waals surface area contributed by atoms with Gasteiger partial charge in [0.05, 0.1) is 5.41 Å². The van der Waals surface area contributed by atoms with Crippen LogP contribution in [0.5, 0.6) is 11.5 Å². The van der Waals surface area contributed by atoms with Crippen LogP contribution in [0.2, 0.25) is 0 Å². The number of rotatable bonds is 7. The Kier molecular flexibility index (Phi) is 10.9. The number of nitrogens with one attached hydrogen (secondary N) is 2. The van der Waals surface area contributed by atoms with Gasteiger partial charge in [-0.15, -0.1) is 0 Å². The van der Waals surface area contributed by atoms with Gasteiger partial charge in [-0.1, -0.05) is 60.7 Å². The number of benzene rings is 4. The summed E-state index contributed by atoms with van der Waals surface area (Å²) in [7, 11) is 0. The van der Waals surface area contributed by atoms with E-state index < -0.39 is 11.7 Å². The van der Waals surface area contributed by atoms with Gasteiger partial charge in [0.25, 0.3) is 29.9 Å². The molecule has 4 amide bonds. The highest BCUT2D eigenvalue weighted by Crippen LogP contribution is 2.39. The number of aryl methyl sites for hydroxylation is 2. The summed E-state index contributed by atoms with van der Waals surface area (Å²) >= 11 is 0. The quantitative estimate of drug-likeness (QED) is 0.130. The zero-order valence-corrected chi connectivity index (χ0v) is 26.2. The average molecular weight is 633 g/mol. The molecule has 0 radical (unpaired) electrons. The van der Waals surface area contributed by atoms with Crippen molar-refractivity contribution in [3.8, 4) is 11.5 Å². The molecule has 0 saturated carbocycles. The van der Waals surface area contributed by atoms with Gasteiger partial charge in [0.1, 0.15) is 11.5 Å². The van der Waals surface area contributed by atoms with Crippen LogP contribution in [0.15, 0.2) is 121 Å². The maximum absolute atomic E-state index is 10.0. The fourth-order valence-corrected chi connectivity index (χ4v) is 4.67. The summed E-state index contributed by atoms with van der Waals surface area (Å²) in [5.41, 5.74) is 17.0. The van der Waals surface area contributed by atoms with Gasteiger partial charge in [0.15, 0.2) is 0 Å². The zero-order valence-electron chi connectivity index (χ0n) is 26.2. The molecule has 0 saturated heterocycles. The van der Waals surface area contributed by atoms with E-state index >= 15 is 0 Å². The molecule has 0 bridgehead atoms. The predicted octanol–water partition coefficient (Wildman–Crippen LogP) is 4.66. The summed E-state index contributed by atoms with van der Waals surface area (Å²) in [6, 6.07) is 31.9. The molecule has 240 valence electrons. The molecule has 2 aliphatic rings. The van der Waals surface area contributed by atoms with E-state index in [1.807, 2.05) is 97.3 Å². The van der Waals surface area contributed by atoms with Crippen molar-refractivity contribution in [2.45, 2.75) is 32.5 Å². The number of nitrogens with two attached hydrogens (primary N) is 2. The van der Waals surface area contributed by atoms with Crippen LogP contribution >= 0.6 is 0 Å². The molecule has 4 aromatic carbocycles. The van der Waals surface area contributed by atoms with Crippen molar-refractivity contribution in [1.82, 2.24) is 10.6 Å². The summed E-state index contributed by atoms with van der Waals surface area (Å²) in [6.07, 6.45) is 4.11. The molecule has 0 fully saturated rings. The number of nitrogen functional groups attached to an aromatic ring is 2. The highest BCUT2D eigenvalue weighted by Gasteiger charge is 2.42. The number of carbonyl (C=O) groups is 4. The summed E-state index contributed by atoms with van der Waals surface area (Å²) in [4.78, 5) is 40.1. The summed E-state index contributed by atoms with van der Waals surface area (Å²) in [5.74, 6) is 0.0684. The van der Waals surface area contributed by atoms with Crippen LogP contribution in [0.1, 0.15) is 29.2 Å². The van der Waals surface area contributed by atoms with Gasteiger partial charge in [0, 0.05) is 35.7 Å². The molecule has 0 aliphatic carbocycles. The van der Waals surface area contributed by atoms with E-state index in [-0.39, 0.29) is 23.6 Å².